The molecule has 0 saturated carbocycles. The number of hydrogen-bond acceptors (Lipinski definition) is 2. The first-order valence-electron chi connectivity index (χ1n) is 18.7. The van der Waals surface area contributed by atoms with Gasteiger partial charge in [0, 0.05) is 34.1 Å². The second-order valence-electron chi connectivity index (χ2n) is 14.8. The zero-order chi connectivity index (χ0) is 36.9. The normalized spacial score (nSPS) is 11.5. The molecule has 0 heterocycles. The molecule has 0 radical (unpaired) electrons. The van der Waals surface area contributed by atoms with E-state index >= 15 is 0 Å². The van der Waals surface area contributed by atoms with Gasteiger partial charge in [0.2, 0.25) is 0 Å². The van der Waals surface area contributed by atoms with Gasteiger partial charge in [-0.2, -0.15) is 0 Å². The smallest absolute Gasteiger partial charge is 0.0468 e. The van der Waals surface area contributed by atoms with Crippen LogP contribution in [0, 0.1) is 0 Å². The quantitative estimate of drug-likeness (QED) is 0.139. The summed E-state index contributed by atoms with van der Waals surface area (Å²) in [6, 6.07) is 71.8. The van der Waals surface area contributed by atoms with Gasteiger partial charge in [0.1, 0.15) is 0 Å². The molecule has 0 atom stereocenters. The molecule has 0 fully saturated rings. The molecule has 0 aromatic heterocycles. The van der Waals surface area contributed by atoms with Gasteiger partial charge in [0.25, 0.3) is 0 Å². The van der Waals surface area contributed by atoms with Crippen LogP contribution in [0.15, 0.2) is 200 Å². The Morgan fingerprint density at radius 3 is 1.26 bits per heavy atom. The van der Waals surface area contributed by atoms with E-state index in [-0.39, 0.29) is 5.41 Å². The molecule has 262 valence electrons. The van der Waals surface area contributed by atoms with Crippen molar-refractivity contribution >= 4 is 57.0 Å². The number of nitrogens with zero attached hydrogens (tertiary/aromatic N) is 2. The number of para-hydroxylation sites is 1. The molecule has 0 N–H and O–H groups in total. The zero-order valence-electron chi connectivity index (χ0n) is 31.1. The Bertz CT molecular complexity index is 2470. The SMILES string of the molecule is CC(C)(C)c1ccc(N(c2ccc(/C=C/c3ccc(N(c4ccccc4)c4ccc5ccccc5c4)cc3)cc2)c2ccc(-c3ccccc3)cc2)cc1. The lowest BCUT2D eigenvalue weighted by molar-refractivity contribution is 0.590. The molecule has 8 rings (SSSR count). The minimum absolute atomic E-state index is 0.0908. The molecule has 0 aliphatic heterocycles. The van der Waals surface area contributed by atoms with Gasteiger partial charge in [0.05, 0.1) is 0 Å². The second kappa shape index (κ2) is 15.1. The van der Waals surface area contributed by atoms with Gasteiger partial charge in [-0.3, -0.25) is 0 Å². The Balaban J connectivity index is 1.05. The lowest BCUT2D eigenvalue weighted by Crippen LogP contribution is -2.13. The molecule has 54 heavy (non-hydrogen) atoms. The summed E-state index contributed by atoms with van der Waals surface area (Å²) in [7, 11) is 0. The van der Waals surface area contributed by atoms with Crippen LogP contribution in [0.25, 0.3) is 34.1 Å². The lowest BCUT2D eigenvalue weighted by atomic mass is 9.87. The maximum atomic E-state index is 2.33. The fourth-order valence-corrected chi connectivity index (χ4v) is 6.99. The van der Waals surface area contributed by atoms with Crippen molar-refractivity contribution in [3.05, 3.63) is 217 Å². The molecule has 0 saturated heterocycles. The monoisotopic (exact) mass is 696 g/mol. The largest absolute Gasteiger partial charge is 0.311 e. The van der Waals surface area contributed by atoms with Crippen LogP contribution in [0.5, 0.6) is 0 Å². The van der Waals surface area contributed by atoms with Gasteiger partial charge in [0.15, 0.2) is 0 Å². The van der Waals surface area contributed by atoms with Crippen LogP contribution in [0.1, 0.15) is 37.5 Å². The summed E-state index contributed by atoms with van der Waals surface area (Å²) in [5.74, 6) is 0. The molecule has 0 aliphatic rings. The Kier molecular flexibility index (Phi) is 9.66. The first kappa shape index (κ1) is 34.4. The molecule has 0 bridgehead atoms. The van der Waals surface area contributed by atoms with E-state index in [0.29, 0.717) is 0 Å². The van der Waals surface area contributed by atoms with E-state index in [1.54, 1.807) is 0 Å². The molecule has 0 unspecified atom stereocenters. The molecular weight excluding hydrogens is 653 g/mol. The number of fused-ring (bicyclic) bond motifs is 1. The Morgan fingerprint density at radius 1 is 0.333 bits per heavy atom. The standard InChI is InChI=1S/C52H44N2/c1-52(2,3)45-27-36-50(37-28-45)53(49-33-24-43(25-34-49)41-12-6-4-7-13-41)47-29-20-39(21-30-47)18-19-40-22-31-48(32-23-40)54(46-16-8-5-9-17-46)51-35-26-42-14-10-11-15-44(42)38-51/h4-38H,1-3H3/b19-18+. The molecular formula is C52H44N2. The maximum absolute atomic E-state index is 2.33. The van der Waals surface area contributed by atoms with Crippen molar-refractivity contribution in [1.82, 2.24) is 0 Å². The summed E-state index contributed by atoms with van der Waals surface area (Å²) in [6.07, 6.45) is 4.38. The van der Waals surface area contributed by atoms with Crippen LogP contribution in [-0.4, -0.2) is 0 Å². The van der Waals surface area contributed by atoms with Gasteiger partial charge >= 0.3 is 0 Å². The van der Waals surface area contributed by atoms with Gasteiger partial charge in [-0.05, 0) is 117 Å². The van der Waals surface area contributed by atoms with E-state index in [2.05, 4.69) is 243 Å². The number of benzene rings is 8. The third kappa shape index (κ3) is 7.60. The topological polar surface area (TPSA) is 6.48 Å². The van der Waals surface area contributed by atoms with Gasteiger partial charge in [-0.1, -0.05) is 160 Å². The van der Waals surface area contributed by atoms with Crippen molar-refractivity contribution in [2.75, 3.05) is 9.80 Å². The van der Waals surface area contributed by atoms with Crippen LogP contribution >= 0.6 is 0 Å². The molecule has 2 nitrogen and oxygen atoms in total. The summed E-state index contributed by atoms with van der Waals surface area (Å²) < 4.78 is 0. The number of hydrogen-bond donors (Lipinski definition) is 0. The van der Waals surface area contributed by atoms with Crippen molar-refractivity contribution in [2.45, 2.75) is 26.2 Å². The van der Waals surface area contributed by atoms with Crippen molar-refractivity contribution in [1.29, 1.82) is 0 Å². The van der Waals surface area contributed by atoms with E-state index in [9.17, 15) is 0 Å². The van der Waals surface area contributed by atoms with Crippen LogP contribution in [0.2, 0.25) is 0 Å². The highest BCUT2D eigenvalue weighted by Gasteiger charge is 2.17. The highest BCUT2D eigenvalue weighted by Crippen LogP contribution is 2.38. The Labute approximate surface area is 319 Å². The Hall–Kier alpha value is -6.64. The van der Waals surface area contributed by atoms with Crippen molar-refractivity contribution < 1.29 is 0 Å². The molecule has 0 aliphatic carbocycles. The molecule has 0 amide bonds. The fourth-order valence-electron chi connectivity index (χ4n) is 6.99. The molecule has 0 spiro atoms. The highest BCUT2D eigenvalue weighted by molar-refractivity contribution is 5.89. The maximum Gasteiger partial charge on any atom is 0.0468 e. The molecule has 8 aromatic rings. The van der Waals surface area contributed by atoms with E-state index in [4.69, 9.17) is 0 Å². The summed E-state index contributed by atoms with van der Waals surface area (Å²) in [5.41, 5.74) is 12.9. The fraction of sp³-hybridized carbons (Fsp3) is 0.0769. The third-order valence-electron chi connectivity index (χ3n) is 10.0. The molecule has 8 aromatic carbocycles. The van der Waals surface area contributed by atoms with Gasteiger partial charge in [-0.15, -0.1) is 0 Å². The van der Waals surface area contributed by atoms with Crippen LogP contribution in [-0.2, 0) is 5.41 Å². The number of rotatable bonds is 9. The second-order valence-corrected chi connectivity index (χ2v) is 14.8. The van der Waals surface area contributed by atoms with E-state index in [0.717, 1.165) is 45.3 Å². The predicted molar refractivity (Wildman–Crippen MR) is 233 cm³/mol. The van der Waals surface area contributed by atoms with E-state index in [1.165, 1.54) is 27.5 Å². The average Bonchev–Trinajstić information content (AvgIpc) is 3.22. The minimum atomic E-state index is 0.0908. The average molecular weight is 697 g/mol. The first-order chi connectivity index (χ1) is 26.4. The summed E-state index contributed by atoms with van der Waals surface area (Å²) in [4.78, 5) is 4.65. The first-order valence-corrected chi connectivity index (χ1v) is 18.7. The van der Waals surface area contributed by atoms with Crippen molar-refractivity contribution in [3.8, 4) is 11.1 Å². The van der Waals surface area contributed by atoms with E-state index in [1.807, 2.05) is 0 Å². The van der Waals surface area contributed by atoms with Crippen molar-refractivity contribution in [3.63, 3.8) is 0 Å². The molecule has 2 heteroatoms. The highest BCUT2D eigenvalue weighted by atomic mass is 15.1. The van der Waals surface area contributed by atoms with Gasteiger partial charge < -0.3 is 9.80 Å². The summed E-state index contributed by atoms with van der Waals surface area (Å²) >= 11 is 0. The predicted octanol–water partition coefficient (Wildman–Crippen LogP) is 14.9. The van der Waals surface area contributed by atoms with Crippen LogP contribution < -0.4 is 9.80 Å². The van der Waals surface area contributed by atoms with E-state index < -0.39 is 0 Å². The van der Waals surface area contributed by atoms with Crippen LogP contribution in [0.3, 0.4) is 0 Å². The third-order valence-corrected chi connectivity index (χ3v) is 10.0. The lowest BCUT2D eigenvalue weighted by Gasteiger charge is -2.27. The number of anilines is 6. The Morgan fingerprint density at radius 2 is 0.722 bits per heavy atom. The van der Waals surface area contributed by atoms with Crippen LogP contribution in [0.4, 0.5) is 34.1 Å². The van der Waals surface area contributed by atoms with Gasteiger partial charge in [-0.25, -0.2) is 0 Å². The van der Waals surface area contributed by atoms with Crippen molar-refractivity contribution in [2.24, 2.45) is 0 Å². The zero-order valence-corrected chi connectivity index (χ0v) is 31.1. The summed E-state index contributed by atoms with van der Waals surface area (Å²) in [5, 5.41) is 2.46. The minimum Gasteiger partial charge on any atom is -0.311 e. The summed E-state index contributed by atoms with van der Waals surface area (Å²) in [6.45, 7) is 6.77.